The molecule has 1 amide bonds. The number of rotatable bonds is 2. The number of anilines is 1. The first kappa shape index (κ1) is 13.7. The van der Waals surface area contributed by atoms with Gasteiger partial charge in [-0.15, -0.1) is 0 Å². The van der Waals surface area contributed by atoms with Gasteiger partial charge in [-0.1, -0.05) is 25.9 Å². The van der Waals surface area contributed by atoms with Gasteiger partial charge in [0.1, 0.15) is 5.69 Å². The Balaban J connectivity index is 2.16. The van der Waals surface area contributed by atoms with Crippen molar-refractivity contribution in [3.63, 3.8) is 0 Å². The van der Waals surface area contributed by atoms with Gasteiger partial charge in [-0.2, -0.15) is 0 Å². The number of carbonyl (C=O) groups excluding carboxylic acids is 1. The third-order valence-corrected chi connectivity index (χ3v) is 3.13. The molecule has 0 spiro atoms. The zero-order valence-corrected chi connectivity index (χ0v) is 12.5. The number of halogens is 1. The number of aromatic nitrogens is 2. The average Bonchev–Trinajstić information content (AvgIpc) is 2.77. The van der Waals surface area contributed by atoms with Crippen LogP contribution in [0.4, 0.5) is 5.88 Å². The van der Waals surface area contributed by atoms with Crippen LogP contribution in [0.15, 0.2) is 33.4 Å². The summed E-state index contributed by atoms with van der Waals surface area (Å²) in [5.41, 5.74) is 0.956. The SMILES string of the molecule is CC(C)(C)c1cc(NC(=O)c2ncccc2Br)on1. The molecule has 0 radical (unpaired) electrons. The summed E-state index contributed by atoms with van der Waals surface area (Å²) in [4.78, 5) is 16.0. The molecule has 0 aliphatic carbocycles. The van der Waals surface area contributed by atoms with E-state index in [1.54, 1.807) is 24.4 Å². The Kier molecular flexibility index (Phi) is 3.71. The van der Waals surface area contributed by atoms with Gasteiger partial charge in [0.25, 0.3) is 5.91 Å². The molecule has 0 aliphatic rings. The molecule has 0 aromatic carbocycles. The van der Waals surface area contributed by atoms with Gasteiger partial charge >= 0.3 is 0 Å². The fraction of sp³-hybridized carbons (Fsp3) is 0.308. The summed E-state index contributed by atoms with van der Waals surface area (Å²) in [6, 6.07) is 5.21. The zero-order chi connectivity index (χ0) is 14.0. The van der Waals surface area contributed by atoms with E-state index >= 15 is 0 Å². The fourth-order valence-electron chi connectivity index (χ4n) is 1.41. The van der Waals surface area contributed by atoms with Crippen molar-refractivity contribution in [3.05, 3.63) is 40.3 Å². The summed E-state index contributed by atoms with van der Waals surface area (Å²) >= 11 is 3.28. The maximum atomic E-state index is 12.0. The lowest BCUT2D eigenvalue weighted by atomic mass is 9.92. The Bertz CT molecular complexity index is 602. The lowest BCUT2D eigenvalue weighted by Crippen LogP contribution is -2.14. The van der Waals surface area contributed by atoms with Crippen molar-refractivity contribution >= 4 is 27.7 Å². The van der Waals surface area contributed by atoms with Crippen molar-refractivity contribution in [1.29, 1.82) is 0 Å². The van der Waals surface area contributed by atoms with Crippen LogP contribution in [0.2, 0.25) is 0 Å². The molecular formula is C13H14BrN3O2. The maximum absolute atomic E-state index is 12.0. The number of nitrogens with zero attached hydrogens (tertiary/aromatic N) is 2. The molecule has 2 aromatic heterocycles. The summed E-state index contributed by atoms with van der Waals surface area (Å²) in [6.45, 7) is 6.06. The zero-order valence-electron chi connectivity index (χ0n) is 10.9. The van der Waals surface area contributed by atoms with Crippen LogP contribution < -0.4 is 5.32 Å². The second kappa shape index (κ2) is 5.13. The normalized spacial score (nSPS) is 11.4. The third-order valence-electron chi connectivity index (χ3n) is 2.49. The van der Waals surface area contributed by atoms with Gasteiger partial charge in [0, 0.05) is 22.2 Å². The highest BCUT2D eigenvalue weighted by atomic mass is 79.9. The number of amides is 1. The monoisotopic (exact) mass is 323 g/mol. The van der Waals surface area contributed by atoms with Crippen molar-refractivity contribution in [2.24, 2.45) is 0 Å². The largest absolute Gasteiger partial charge is 0.338 e. The molecule has 0 saturated carbocycles. The van der Waals surface area contributed by atoms with E-state index < -0.39 is 0 Å². The molecule has 0 atom stereocenters. The topological polar surface area (TPSA) is 68.0 Å². The van der Waals surface area contributed by atoms with E-state index in [-0.39, 0.29) is 11.3 Å². The highest BCUT2D eigenvalue weighted by Gasteiger charge is 2.20. The van der Waals surface area contributed by atoms with E-state index in [2.05, 4.69) is 31.4 Å². The number of pyridine rings is 1. The molecule has 2 heterocycles. The molecule has 0 aliphatic heterocycles. The molecule has 5 nitrogen and oxygen atoms in total. The van der Waals surface area contributed by atoms with Crippen molar-refractivity contribution in [2.75, 3.05) is 5.32 Å². The minimum Gasteiger partial charge on any atom is -0.338 e. The first-order valence-corrected chi connectivity index (χ1v) is 6.56. The Labute approximate surface area is 119 Å². The molecule has 0 bridgehead atoms. The van der Waals surface area contributed by atoms with Gasteiger partial charge in [-0.25, -0.2) is 4.98 Å². The third kappa shape index (κ3) is 3.20. The molecule has 0 unspecified atom stereocenters. The molecule has 1 N–H and O–H groups in total. The Morgan fingerprint density at radius 2 is 2.16 bits per heavy atom. The van der Waals surface area contributed by atoms with E-state index in [1.807, 2.05) is 20.8 Å². The predicted molar refractivity (Wildman–Crippen MR) is 75.1 cm³/mol. The van der Waals surface area contributed by atoms with Crippen LogP contribution in [-0.4, -0.2) is 16.0 Å². The van der Waals surface area contributed by atoms with Crippen molar-refractivity contribution < 1.29 is 9.32 Å². The van der Waals surface area contributed by atoms with E-state index in [4.69, 9.17) is 4.52 Å². The standard InChI is InChI=1S/C13H14BrN3O2/c1-13(2,3)9-7-10(19-17-9)16-12(18)11-8(14)5-4-6-15-11/h4-7H,1-3H3,(H,16,18). The van der Waals surface area contributed by atoms with E-state index in [9.17, 15) is 4.79 Å². The number of nitrogens with one attached hydrogen (secondary N) is 1. The summed E-state index contributed by atoms with van der Waals surface area (Å²) in [7, 11) is 0. The van der Waals surface area contributed by atoms with Crippen LogP contribution in [0.1, 0.15) is 37.0 Å². The van der Waals surface area contributed by atoms with Crippen LogP contribution in [-0.2, 0) is 5.41 Å². The molecule has 6 heteroatoms. The lowest BCUT2D eigenvalue weighted by molar-refractivity contribution is 0.101. The fourth-order valence-corrected chi connectivity index (χ4v) is 1.85. The van der Waals surface area contributed by atoms with Gasteiger partial charge < -0.3 is 4.52 Å². The summed E-state index contributed by atoms with van der Waals surface area (Å²) in [5.74, 6) is -0.0310. The average molecular weight is 324 g/mol. The summed E-state index contributed by atoms with van der Waals surface area (Å²) < 4.78 is 5.73. The summed E-state index contributed by atoms with van der Waals surface area (Å²) in [6.07, 6.45) is 1.56. The number of hydrogen-bond donors (Lipinski definition) is 1. The number of hydrogen-bond acceptors (Lipinski definition) is 4. The van der Waals surface area contributed by atoms with Crippen molar-refractivity contribution in [1.82, 2.24) is 10.1 Å². The van der Waals surface area contributed by atoms with E-state index in [0.29, 0.717) is 16.1 Å². The predicted octanol–water partition coefficient (Wildman–Crippen LogP) is 3.38. The Morgan fingerprint density at radius 1 is 1.42 bits per heavy atom. The Hall–Kier alpha value is -1.69. The quantitative estimate of drug-likeness (QED) is 0.919. The molecule has 2 rings (SSSR count). The second-order valence-electron chi connectivity index (χ2n) is 5.11. The van der Waals surface area contributed by atoms with Crippen LogP contribution >= 0.6 is 15.9 Å². The van der Waals surface area contributed by atoms with Crippen LogP contribution in [0.5, 0.6) is 0 Å². The minimum atomic E-state index is -0.343. The van der Waals surface area contributed by atoms with Crippen LogP contribution in [0.25, 0.3) is 0 Å². The Morgan fingerprint density at radius 3 is 2.74 bits per heavy atom. The van der Waals surface area contributed by atoms with Gasteiger partial charge in [-0.05, 0) is 28.1 Å². The van der Waals surface area contributed by atoms with Crippen molar-refractivity contribution in [3.8, 4) is 0 Å². The molecule has 2 aromatic rings. The first-order chi connectivity index (χ1) is 8.88. The number of carbonyl (C=O) groups is 1. The second-order valence-corrected chi connectivity index (χ2v) is 5.97. The van der Waals surface area contributed by atoms with Gasteiger partial charge in [0.05, 0.1) is 5.69 Å². The molecule has 100 valence electrons. The smallest absolute Gasteiger partial charge is 0.277 e. The van der Waals surface area contributed by atoms with E-state index in [1.165, 1.54) is 0 Å². The summed E-state index contributed by atoms with van der Waals surface area (Å²) in [5, 5.41) is 6.57. The molecular weight excluding hydrogens is 310 g/mol. The van der Waals surface area contributed by atoms with Gasteiger partial charge in [0.2, 0.25) is 5.88 Å². The molecule has 19 heavy (non-hydrogen) atoms. The van der Waals surface area contributed by atoms with Gasteiger partial charge in [0.15, 0.2) is 0 Å². The minimum absolute atomic E-state index is 0.127. The first-order valence-electron chi connectivity index (χ1n) is 5.77. The highest BCUT2D eigenvalue weighted by molar-refractivity contribution is 9.10. The maximum Gasteiger partial charge on any atom is 0.277 e. The lowest BCUT2D eigenvalue weighted by Gasteiger charge is -2.12. The van der Waals surface area contributed by atoms with Crippen LogP contribution in [0, 0.1) is 0 Å². The van der Waals surface area contributed by atoms with E-state index in [0.717, 1.165) is 5.69 Å². The molecule has 0 saturated heterocycles. The molecule has 0 fully saturated rings. The van der Waals surface area contributed by atoms with Crippen molar-refractivity contribution in [2.45, 2.75) is 26.2 Å². The van der Waals surface area contributed by atoms with Crippen LogP contribution in [0.3, 0.4) is 0 Å². The highest BCUT2D eigenvalue weighted by Crippen LogP contribution is 2.24. The van der Waals surface area contributed by atoms with Gasteiger partial charge in [-0.3, -0.25) is 10.1 Å².